The minimum Gasteiger partial charge on any atom is -0.550 e. The lowest BCUT2D eigenvalue weighted by atomic mass is 9.83. The SMILES string of the molecule is CCOCCOCC.Cc1cc(CCC(=O)[O-])cc(C(C)(C)C)c1O.Cc1cc(CCC(=O)[O-])cc(C(C)(C)C)c1O. The Morgan fingerprint density at radius 1 is 0.667 bits per heavy atom. The standard InChI is InChI=1S/2C14H20O3.C6H14O2/c2*1-9-7-10(5-6-12(15)16)8-11(13(9)17)14(2,3)4;1-3-7-5-6-8-4-2/h2*7-8,17H,5-6H2,1-4H3,(H,15,16);3-6H2,1-2H3/p-2. The van der Waals surface area contributed by atoms with Gasteiger partial charge in [-0.05, 0) is 97.6 Å². The van der Waals surface area contributed by atoms with Crippen LogP contribution in [-0.2, 0) is 42.7 Å². The molecule has 0 saturated heterocycles. The highest BCUT2D eigenvalue weighted by molar-refractivity contribution is 5.65. The fraction of sp³-hybridized carbons (Fsp3) is 0.588. The second-order valence-corrected chi connectivity index (χ2v) is 12.3. The molecule has 8 nitrogen and oxygen atoms in total. The molecule has 238 valence electrons. The Morgan fingerprint density at radius 3 is 1.21 bits per heavy atom. The van der Waals surface area contributed by atoms with Crippen molar-refractivity contribution < 1.29 is 39.5 Å². The van der Waals surface area contributed by atoms with Gasteiger partial charge in [-0.3, -0.25) is 0 Å². The first-order chi connectivity index (χ1) is 19.3. The molecule has 0 aliphatic heterocycles. The van der Waals surface area contributed by atoms with Crippen molar-refractivity contribution in [2.75, 3.05) is 26.4 Å². The van der Waals surface area contributed by atoms with Crippen LogP contribution in [0.5, 0.6) is 11.5 Å². The average molecular weight is 589 g/mol. The summed E-state index contributed by atoms with van der Waals surface area (Å²) in [5.41, 5.74) is 4.80. The molecule has 0 bridgehead atoms. The highest BCUT2D eigenvalue weighted by atomic mass is 16.5. The van der Waals surface area contributed by atoms with Crippen molar-refractivity contribution in [1.82, 2.24) is 0 Å². The monoisotopic (exact) mass is 588 g/mol. The first-order valence-electron chi connectivity index (χ1n) is 14.6. The number of ether oxygens (including phenoxy) is 2. The van der Waals surface area contributed by atoms with Crippen LogP contribution in [0.2, 0.25) is 0 Å². The van der Waals surface area contributed by atoms with Crippen LogP contribution < -0.4 is 10.2 Å². The summed E-state index contributed by atoms with van der Waals surface area (Å²) in [6.07, 6.45) is 0.890. The van der Waals surface area contributed by atoms with Crippen molar-refractivity contribution in [1.29, 1.82) is 0 Å². The van der Waals surface area contributed by atoms with Gasteiger partial charge in [-0.15, -0.1) is 0 Å². The van der Waals surface area contributed by atoms with E-state index in [1.807, 2.05) is 93.5 Å². The molecule has 8 heteroatoms. The third-order valence-electron chi connectivity index (χ3n) is 6.35. The summed E-state index contributed by atoms with van der Waals surface area (Å²) >= 11 is 0. The summed E-state index contributed by atoms with van der Waals surface area (Å²) in [6, 6.07) is 7.41. The predicted molar refractivity (Wildman–Crippen MR) is 163 cm³/mol. The number of phenolic OH excluding ortho intramolecular Hbond substituents is 2. The lowest BCUT2D eigenvalue weighted by molar-refractivity contribution is -0.307. The first-order valence-corrected chi connectivity index (χ1v) is 14.6. The molecular formula is C34H52O8-2. The molecule has 0 fully saturated rings. The largest absolute Gasteiger partial charge is 0.550 e. The van der Waals surface area contributed by atoms with E-state index < -0.39 is 11.9 Å². The number of aromatic hydroxyl groups is 2. The van der Waals surface area contributed by atoms with E-state index in [-0.39, 0.29) is 23.7 Å². The Hall–Kier alpha value is -3.10. The number of rotatable bonds is 11. The van der Waals surface area contributed by atoms with Crippen molar-refractivity contribution in [2.45, 2.75) is 106 Å². The fourth-order valence-electron chi connectivity index (χ4n) is 4.04. The van der Waals surface area contributed by atoms with Crippen molar-refractivity contribution in [3.63, 3.8) is 0 Å². The lowest BCUT2D eigenvalue weighted by Crippen LogP contribution is -2.22. The molecule has 0 unspecified atom stereocenters. The number of carbonyl (C=O) groups excluding carboxylic acids is 2. The molecule has 2 aromatic carbocycles. The average Bonchev–Trinajstić information content (AvgIpc) is 2.87. The van der Waals surface area contributed by atoms with E-state index >= 15 is 0 Å². The molecule has 0 spiro atoms. The second kappa shape index (κ2) is 18.4. The van der Waals surface area contributed by atoms with Crippen molar-refractivity contribution in [3.8, 4) is 11.5 Å². The van der Waals surface area contributed by atoms with Crippen LogP contribution in [0.4, 0.5) is 0 Å². The third-order valence-corrected chi connectivity index (χ3v) is 6.35. The predicted octanol–water partition coefficient (Wildman–Crippen LogP) is 4.42. The van der Waals surface area contributed by atoms with Gasteiger partial charge in [0.15, 0.2) is 0 Å². The number of hydrogen-bond acceptors (Lipinski definition) is 8. The van der Waals surface area contributed by atoms with Crippen LogP contribution in [0.1, 0.15) is 102 Å². The van der Waals surface area contributed by atoms with Gasteiger partial charge in [-0.2, -0.15) is 0 Å². The van der Waals surface area contributed by atoms with Gasteiger partial charge >= 0.3 is 0 Å². The number of benzene rings is 2. The lowest BCUT2D eigenvalue weighted by Gasteiger charge is -2.22. The number of carboxylic acids is 2. The number of phenols is 2. The summed E-state index contributed by atoms with van der Waals surface area (Å²) in [4.78, 5) is 20.9. The summed E-state index contributed by atoms with van der Waals surface area (Å²) in [5, 5.41) is 40.9. The van der Waals surface area contributed by atoms with Gasteiger partial charge in [0, 0.05) is 25.2 Å². The highest BCUT2D eigenvalue weighted by Gasteiger charge is 2.21. The molecule has 0 radical (unpaired) electrons. The summed E-state index contributed by atoms with van der Waals surface area (Å²) in [7, 11) is 0. The van der Waals surface area contributed by atoms with Gasteiger partial charge in [-0.1, -0.05) is 65.8 Å². The number of aliphatic carboxylic acids is 2. The Kier molecular flexibility index (Phi) is 17.1. The molecule has 0 aliphatic carbocycles. The number of aryl methyl sites for hydroxylation is 4. The third kappa shape index (κ3) is 15.2. The van der Waals surface area contributed by atoms with Gasteiger partial charge in [0.05, 0.1) is 13.2 Å². The minimum atomic E-state index is -1.05. The molecule has 0 aliphatic rings. The van der Waals surface area contributed by atoms with Crippen LogP contribution in [0.25, 0.3) is 0 Å². The van der Waals surface area contributed by atoms with Crippen LogP contribution >= 0.6 is 0 Å². The van der Waals surface area contributed by atoms with Crippen LogP contribution in [-0.4, -0.2) is 48.6 Å². The van der Waals surface area contributed by atoms with E-state index in [1.165, 1.54) is 0 Å². The summed E-state index contributed by atoms with van der Waals surface area (Å²) in [5.74, 6) is -1.49. The maximum atomic E-state index is 10.4. The van der Waals surface area contributed by atoms with Crippen LogP contribution in [0.15, 0.2) is 24.3 Å². The van der Waals surface area contributed by atoms with Gasteiger partial charge < -0.3 is 39.5 Å². The van der Waals surface area contributed by atoms with Crippen LogP contribution in [0.3, 0.4) is 0 Å². The molecule has 0 amide bonds. The molecular weight excluding hydrogens is 536 g/mol. The van der Waals surface area contributed by atoms with Crippen molar-refractivity contribution >= 4 is 11.9 Å². The molecule has 2 rings (SSSR count). The maximum Gasteiger partial charge on any atom is 0.122 e. The topological polar surface area (TPSA) is 139 Å². The Balaban J connectivity index is 0.000000642. The smallest absolute Gasteiger partial charge is 0.122 e. The number of hydrogen-bond donors (Lipinski definition) is 2. The normalized spacial score (nSPS) is 11.2. The first kappa shape index (κ1) is 38.9. The molecule has 0 aromatic heterocycles. The summed E-state index contributed by atoms with van der Waals surface area (Å²) < 4.78 is 10.0. The maximum absolute atomic E-state index is 10.4. The molecule has 2 aromatic rings. The van der Waals surface area contributed by atoms with Gasteiger partial charge in [0.1, 0.15) is 11.5 Å². The van der Waals surface area contributed by atoms with Crippen molar-refractivity contribution in [2.24, 2.45) is 0 Å². The van der Waals surface area contributed by atoms with E-state index in [0.29, 0.717) is 24.3 Å². The quantitative estimate of drug-likeness (QED) is 0.368. The van der Waals surface area contributed by atoms with Gasteiger partial charge in [0.2, 0.25) is 0 Å². The zero-order valence-corrected chi connectivity index (χ0v) is 27.3. The molecule has 0 atom stereocenters. The Labute approximate surface area is 252 Å². The zero-order chi connectivity index (χ0) is 32.7. The number of carbonyl (C=O) groups is 2. The Morgan fingerprint density at radius 2 is 0.976 bits per heavy atom. The van der Waals surface area contributed by atoms with Crippen molar-refractivity contribution in [3.05, 3.63) is 57.6 Å². The molecule has 2 N–H and O–H groups in total. The fourth-order valence-corrected chi connectivity index (χ4v) is 4.04. The number of carboxylic acid groups (broad SMARTS) is 2. The van der Waals surface area contributed by atoms with E-state index in [2.05, 4.69) is 0 Å². The van der Waals surface area contributed by atoms with Gasteiger partial charge in [-0.25, -0.2) is 0 Å². The van der Waals surface area contributed by atoms with E-state index in [4.69, 9.17) is 9.47 Å². The van der Waals surface area contributed by atoms with E-state index in [9.17, 15) is 30.0 Å². The summed E-state index contributed by atoms with van der Waals surface area (Å²) in [6.45, 7) is 22.7. The minimum absolute atomic E-state index is 0.00774. The highest BCUT2D eigenvalue weighted by Crippen LogP contribution is 2.35. The Bertz CT molecular complexity index is 1030. The van der Waals surface area contributed by atoms with E-state index in [0.717, 1.165) is 59.8 Å². The second-order valence-electron chi connectivity index (χ2n) is 12.3. The van der Waals surface area contributed by atoms with E-state index in [1.54, 1.807) is 0 Å². The molecule has 42 heavy (non-hydrogen) atoms. The molecule has 0 heterocycles. The van der Waals surface area contributed by atoms with Gasteiger partial charge in [0.25, 0.3) is 0 Å². The van der Waals surface area contributed by atoms with Crippen LogP contribution in [0, 0.1) is 13.8 Å². The molecule has 0 saturated carbocycles. The zero-order valence-electron chi connectivity index (χ0n) is 27.3.